The number of nitrogens with zero attached hydrogens (tertiary/aromatic N) is 2. The number of benzene rings is 1. The number of halogens is 3. The zero-order chi connectivity index (χ0) is 30.0. The van der Waals surface area contributed by atoms with Gasteiger partial charge in [-0.15, -0.1) is 0 Å². The Bertz CT molecular complexity index is 1400. The number of amides is 2. The van der Waals surface area contributed by atoms with Crippen molar-refractivity contribution in [2.24, 2.45) is 11.3 Å². The van der Waals surface area contributed by atoms with Crippen LogP contribution in [0, 0.1) is 17.2 Å². The van der Waals surface area contributed by atoms with E-state index in [0.29, 0.717) is 29.5 Å². The SMILES string of the molecule is CC[C@H]1CC[C@H](NC(=O)[C@H]2[C@H](c3ccnc(Cl)c3F)[C@]3(C(=O)Nc4cc(Cl)ccc43)C3(CCC(C)(C)CC3)N2C)CC1. The van der Waals surface area contributed by atoms with Gasteiger partial charge in [0.1, 0.15) is 5.41 Å². The summed E-state index contributed by atoms with van der Waals surface area (Å²) in [4.78, 5) is 35.3. The quantitative estimate of drug-likeness (QED) is 0.356. The van der Waals surface area contributed by atoms with Crippen LogP contribution in [0.3, 0.4) is 0 Å². The number of nitrogens with one attached hydrogen (secondary N) is 2. The first kappa shape index (κ1) is 29.8. The van der Waals surface area contributed by atoms with Crippen LogP contribution in [-0.2, 0) is 15.0 Å². The number of anilines is 1. The summed E-state index contributed by atoms with van der Waals surface area (Å²) in [6.45, 7) is 6.72. The van der Waals surface area contributed by atoms with E-state index in [-0.39, 0.29) is 34.0 Å². The lowest BCUT2D eigenvalue weighted by Crippen LogP contribution is -2.62. The highest BCUT2D eigenvalue weighted by molar-refractivity contribution is 6.31. The predicted molar refractivity (Wildman–Crippen MR) is 164 cm³/mol. The molecule has 2 amide bonds. The van der Waals surface area contributed by atoms with Gasteiger partial charge in [-0.05, 0) is 99.1 Å². The van der Waals surface area contributed by atoms with Gasteiger partial charge in [-0.2, -0.15) is 0 Å². The molecule has 6 nitrogen and oxygen atoms in total. The fraction of sp³-hybridized carbons (Fsp3) is 0.606. The van der Waals surface area contributed by atoms with Gasteiger partial charge in [0.25, 0.3) is 0 Å². The molecule has 42 heavy (non-hydrogen) atoms. The van der Waals surface area contributed by atoms with Crippen LogP contribution >= 0.6 is 23.2 Å². The predicted octanol–water partition coefficient (Wildman–Crippen LogP) is 7.24. The van der Waals surface area contributed by atoms with Gasteiger partial charge < -0.3 is 10.6 Å². The maximum atomic E-state index is 16.1. The second-order valence-electron chi connectivity index (χ2n) is 13.8. The summed E-state index contributed by atoms with van der Waals surface area (Å²) >= 11 is 12.7. The number of carbonyl (C=O) groups is 2. The van der Waals surface area contributed by atoms with Crippen molar-refractivity contribution in [2.75, 3.05) is 12.4 Å². The normalized spacial score (nSPS) is 31.7. The van der Waals surface area contributed by atoms with Crippen LogP contribution in [0.5, 0.6) is 0 Å². The van der Waals surface area contributed by atoms with E-state index < -0.39 is 28.7 Å². The van der Waals surface area contributed by atoms with E-state index in [4.69, 9.17) is 23.2 Å². The second-order valence-corrected chi connectivity index (χ2v) is 14.6. The summed E-state index contributed by atoms with van der Waals surface area (Å²) in [6, 6.07) is 6.30. The number of aromatic nitrogens is 1. The molecule has 1 aromatic heterocycles. The molecule has 0 radical (unpaired) electrons. The summed E-state index contributed by atoms with van der Waals surface area (Å²) < 4.78 is 16.1. The maximum Gasteiger partial charge on any atom is 0.238 e. The molecule has 2 N–H and O–H groups in total. The summed E-state index contributed by atoms with van der Waals surface area (Å²) in [5, 5.41) is 6.72. The number of fused-ring (bicyclic) bond motifs is 3. The average Bonchev–Trinajstić information content (AvgIpc) is 3.36. The fourth-order valence-corrected chi connectivity index (χ4v) is 9.20. The van der Waals surface area contributed by atoms with Gasteiger partial charge in [-0.25, -0.2) is 9.37 Å². The Kier molecular flexibility index (Phi) is 7.63. The van der Waals surface area contributed by atoms with Gasteiger partial charge in [-0.3, -0.25) is 14.5 Å². The number of likely N-dealkylation sites (N-methyl/N-ethyl adjacent to an activating group) is 1. The molecule has 4 aliphatic rings. The number of hydrogen-bond acceptors (Lipinski definition) is 4. The van der Waals surface area contributed by atoms with Crippen LogP contribution in [0.2, 0.25) is 10.2 Å². The Morgan fingerprint density at radius 2 is 1.81 bits per heavy atom. The second kappa shape index (κ2) is 10.7. The molecular weight excluding hydrogens is 574 g/mol. The molecule has 6 rings (SSSR count). The summed E-state index contributed by atoms with van der Waals surface area (Å²) in [6.07, 6.45) is 9.76. The van der Waals surface area contributed by atoms with Crippen LogP contribution < -0.4 is 10.6 Å². The lowest BCUT2D eigenvalue weighted by Gasteiger charge is -2.53. The Labute approximate surface area is 258 Å². The third-order valence-electron chi connectivity index (χ3n) is 11.3. The topological polar surface area (TPSA) is 74.3 Å². The van der Waals surface area contributed by atoms with Gasteiger partial charge in [0.05, 0.1) is 6.04 Å². The number of pyridine rings is 1. The van der Waals surface area contributed by atoms with Gasteiger partial charge in [0.2, 0.25) is 11.8 Å². The standard InChI is InChI=1S/C33H41Cl2FN4O2/c1-5-19-6-9-21(10-7-19)38-29(41)27-25(22-12-17-37-28(35)26(22)36)33(23-11-8-20(34)18-24(23)39-30(33)42)32(40(27)4)15-13-31(2,3)14-16-32/h8,11-12,17-19,21,25,27H,5-7,9-10,13-16H2,1-4H3,(H,38,41)(H,39,42)/t19-,21-,25-,27+,33+/m0/s1. The van der Waals surface area contributed by atoms with E-state index in [1.165, 1.54) is 6.20 Å². The van der Waals surface area contributed by atoms with Crippen LogP contribution in [-0.4, -0.2) is 46.4 Å². The Morgan fingerprint density at radius 1 is 1.12 bits per heavy atom. The number of likely N-dealkylation sites (tertiary alicyclic amines) is 1. The van der Waals surface area contributed by atoms with Crippen molar-refractivity contribution in [2.45, 2.75) is 108 Å². The Balaban J connectivity index is 1.55. The van der Waals surface area contributed by atoms with Crippen LogP contribution in [0.15, 0.2) is 30.5 Å². The minimum Gasteiger partial charge on any atom is -0.352 e. The highest BCUT2D eigenvalue weighted by Crippen LogP contribution is 2.67. The first-order valence-corrected chi connectivity index (χ1v) is 16.2. The van der Waals surface area contributed by atoms with Crippen molar-refractivity contribution < 1.29 is 14.0 Å². The van der Waals surface area contributed by atoms with Crippen molar-refractivity contribution in [3.05, 3.63) is 57.6 Å². The molecule has 1 aromatic carbocycles. The highest BCUT2D eigenvalue weighted by Gasteiger charge is 2.75. The molecule has 2 spiro atoms. The zero-order valence-electron chi connectivity index (χ0n) is 24.9. The fourth-order valence-electron chi connectivity index (χ4n) is 8.86. The number of rotatable bonds is 4. The van der Waals surface area contributed by atoms with E-state index in [2.05, 4.69) is 41.3 Å². The highest BCUT2D eigenvalue weighted by atomic mass is 35.5. The van der Waals surface area contributed by atoms with Gasteiger partial charge in [0.15, 0.2) is 11.0 Å². The van der Waals surface area contributed by atoms with Gasteiger partial charge >= 0.3 is 0 Å². The molecule has 9 heteroatoms. The van der Waals surface area contributed by atoms with E-state index in [9.17, 15) is 9.59 Å². The monoisotopic (exact) mass is 614 g/mol. The van der Waals surface area contributed by atoms with E-state index in [1.807, 2.05) is 13.1 Å². The average molecular weight is 616 g/mol. The molecule has 0 unspecified atom stereocenters. The third-order valence-corrected chi connectivity index (χ3v) is 11.8. The van der Waals surface area contributed by atoms with Crippen LogP contribution in [0.1, 0.15) is 95.6 Å². The number of carbonyl (C=O) groups excluding carboxylic acids is 2. The summed E-state index contributed by atoms with van der Waals surface area (Å²) in [5.41, 5.74) is -0.263. The van der Waals surface area contributed by atoms with Crippen molar-refractivity contribution in [3.8, 4) is 0 Å². The van der Waals surface area contributed by atoms with Crippen molar-refractivity contribution >= 4 is 40.7 Å². The maximum absolute atomic E-state index is 16.1. The first-order valence-electron chi connectivity index (χ1n) is 15.4. The van der Waals surface area contributed by atoms with E-state index in [0.717, 1.165) is 50.5 Å². The van der Waals surface area contributed by atoms with Gasteiger partial charge in [0, 0.05) is 34.4 Å². The molecule has 3 fully saturated rings. The van der Waals surface area contributed by atoms with Crippen molar-refractivity contribution in [3.63, 3.8) is 0 Å². The molecule has 2 aliphatic heterocycles. The van der Waals surface area contributed by atoms with Crippen LogP contribution in [0.4, 0.5) is 10.1 Å². The van der Waals surface area contributed by atoms with Crippen molar-refractivity contribution in [1.29, 1.82) is 0 Å². The third kappa shape index (κ3) is 4.40. The van der Waals surface area contributed by atoms with Crippen LogP contribution in [0.25, 0.3) is 0 Å². The molecular formula is C33H41Cl2FN4O2. The first-order chi connectivity index (χ1) is 19.9. The van der Waals surface area contributed by atoms with E-state index in [1.54, 1.807) is 18.2 Å². The lowest BCUT2D eigenvalue weighted by molar-refractivity contribution is -0.129. The molecule has 2 saturated carbocycles. The summed E-state index contributed by atoms with van der Waals surface area (Å²) in [5.74, 6) is -1.20. The minimum atomic E-state index is -1.24. The summed E-state index contributed by atoms with van der Waals surface area (Å²) in [7, 11) is 1.96. The van der Waals surface area contributed by atoms with Crippen molar-refractivity contribution in [1.82, 2.24) is 15.2 Å². The molecule has 0 bridgehead atoms. The van der Waals surface area contributed by atoms with E-state index >= 15 is 4.39 Å². The largest absolute Gasteiger partial charge is 0.352 e. The molecule has 2 aliphatic carbocycles. The Hall–Kier alpha value is -2.22. The molecule has 3 atom stereocenters. The number of hydrogen-bond donors (Lipinski definition) is 2. The minimum absolute atomic E-state index is 0.0570. The smallest absolute Gasteiger partial charge is 0.238 e. The molecule has 226 valence electrons. The lowest BCUT2D eigenvalue weighted by atomic mass is 9.53. The zero-order valence-corrected chi connectivity index (χ0v) is 26.4. The molecule has 2 aromatic rings. The Morgan fingerprint density at radius 3 is 2.48 bits per heavy atom. The molecule has 1 saturated heterocycles. The van der Waals surface area contributed by atoms with Gasteiger partial charge in [-0.1, -0.05) is 56.5 Å². The molecule has 3 heterocycles.